The van der Waals surface area contributed by atoms with Gasteiger partial charge in [-0.15, -0.1) is 0 Å². The zero-order chi connectivity index (χ0) is 19.5. The van der Waals surface area contributed by atoms with Gasteiger partial charge in [0.15, 0.2) is 9.84 Å². The number of ether oxygens (including phenoxy) is 1. The largest absolute Gasteiger partial charge is 0.481 e. The van der Waals surface area contributed by atoms with Crippen LogP contribution in [0.4, 0.5) is 0 Å². The van der Waals surface area contributed by atoms with Crippen molar-refractivity contribution in [3.63, 3.8) is 0 Å². The van der Waals surface area contributed by atoms with Gasteiger partial charge in [-0.1, -0.05) is 26.6 Å². The first-order chi connectivity index (χ1) is 12.0. The third-order valence-electron chi connectivity index (χ3n) is 4.05. The van der Waals surface area contributed by atoms with Crippen LogP contribution < -0.4 is 0 Å². The summed E-state index contributed by atoms with van der Waals surface area (Å²) in [6.07, 6.45) is 3.09. The summed E-state index contributed by atoms with van der Waals surface area (Å²) in [5, 5.41) is 9.61. The normalized spacial score (nSPS) is 13.8. The Morgan fingerprint density at radius 2 is 2.08 bits per heavy atom. The maximum atomic E-state index is 12.4. The first kappa shape index (κ1) is 20.6. The third-order valence-corrected chi connectivity index (χ3v) is 7.64. The van der Waals surface area contributed by atoms with Crippen molar-refractivity contribution >= 4 is 34.9 Å². The predicted molar refractivity (Wildman–Crippen MR) is 103 cm³/mol. The molecule has 1 unspecified atom stereocenters. The van der Waals surface area contributed by atoms with E-state index in [-0.39, 0.29) is 4.90 Å². The van der Waals surface area contributed by atoms with E-state index in [4.69, 9.17) is 9.84 Å². The lowest BCUT2D eigenvalue weighted by Crippen LogP contribution is -2.22. The van der Waals surface area contributed by atoms with E-state index in [1.165, 1.54) is 19.2 Å². The van der Waals surface area contributed by atoms with Crippen LogP contribution in [0.25, 0.3) is 11.0 Å². The molecule has 7 nitrogen and oxygen atoms in total. The number of carbonyl (C=O) groups is 1. The van der Waals surface area contributed by atoms with Crippen molar-refractivity contribution in [3.05, 3.63) is 24.5 Å². The molecule has 0 aromatic carbocycles. The molecule has 0 aliphatic rings. The predicted octanol–water partition coefficient (Wildman–Crippen LogP) is 2.84. The number of fused-ring (bicyclic) bond motifs is 1. The number of nitrogens with zero attached hydrogens (tertiary/aromatic N) is 2. The Hall–Kier alpha value is -1.71. The molecule has 2 rings (SSSR count). The summed E-state index contributed by atoms with van der Waals surface area (Å²) < 4.78 is 32.3. The average Bonchev–Trinajstić information content (AvgIpc) is 2.92. The highest BCUT2D eigenvalue weighted by atomic mass is 32.2. The summed E-state index contributed by atoms with van der Waals surface area (Å²) in [6, 6.07) is 4.39. The van der Waals surface area contributed by atoms with Crippen molar-refractivity contribution < 1.29 is 23.1 Å². The molecule has 0 amide bonds. The number of sulfone groups is 1. The lowest BCUT2D eigenvalue weighted by atomic mass is 10.2. The van der Waals surface area contributed by atoms with Crippen LogP contribution in [0.5, 0.6) is 0 Å². The minimum absolute atomic E-state index is 0.0375. The molecule has 2 aromatic heterocycles. The molecule has 0 spiro atoms. The summed E-state index contributed by atoms with van der Waals surface area (Å²) >= 11 is 0. The molecule has 1 atom stereocenters. The third kappa shape index (κ3) is 5.39. The molecule has 2 heterocycles. The average molecular weight is 399 g/mol. The fraction of sp³-hybridized carbons (Fsp3) is 0.529. The molecule has 0 radical (unpaired) electrons. The fourth-order valence-electron chi connectivity index (χ4n) is 2.37. The first-order valence-electron chi connectivity index (χ1n) is 8.48. The van der Waals surface area contributed by atoms with E-state index in [2.05, 4.69) is 24.6 Å². The number of rotatable bonds is 9. The highest BCUT2D eigenvalue weighted by Crippen LogP contribution is 2.20. The molecule has 0 bridgehead atoms. The van der Waals surface area contributed by atoms with Crippen molar-refractivity contribution in [2.24, 2.45) is 5.92 Å². The summed E-state index contributed by atoms with van der Waals surface area (Å²) in [5.74, 6) is -2.56. The highest BCUT2D eigenvalue weighted by Gasteiger charge is 2.23. The van der Waals surface area contributed by atoms with Gasteiger partial charge in [-0.3, -0.25) is 4.79 Å². The molecule has 0 aliphatic heterocycles. The Morgan fingerprint density at radius 3 is 2.69 bits per heavy atom. The maximum absolute atomic E-state index is 12.4. The summed E-state index contributed by atoms with van der Waals surface area (Å²) in [4.78, 5) is 15.2. The van der Waals surface area contributed by atoms with Gasteiger partial charge < -0.3 is 14.4 Å². The molecule has 1 N–H and O–H groups in total. The Labute approximate surface area is 154 Å². The molecule has 0 saturated carbocycles. The van der Waals surface area contributed by atoms with Gasteiger partial charge in [0, 0.05) is 32.5 Å². The van der Waals surface area contributed by atoms with Crippen molar-refractivity contribution in [3.8, 4) is 0 Å². The lowest BCUT2D eigenvalue weighted by Gasteiger charge is -2.15. The molecule has 2 aromatic rings. The second-order valence-corrected chi connectivity index (χ2v) is 15.4. The van der Waals surface area contributed by atoms with Gasteiger partial charge in [0.1, 0.15) is 12.4 Å². The monoisotopic (exact) mass is 398 g/mol. The molecular weight excluding hydrogens is 372 g/mol. The zero-order valence-electron chi connectivity index (χ0n) is 15.6. The van der Waals surface area contributed by atoms with E-state index in [0.717, 1.165) is 6.04 Å². The number of carboxylic acids is 1. The van der Waals surface area contributed by atoms with Crippen molar-refractivity contribution in [2.75, 3.05) is 12.4 Å². The standard InChI is InChI=1S/C17H26N2O5SSi/c1-13(17(20)21)11-25(22,23)15-9-14-5-6-19(16(14)18-10-15)12-24-7-8-26(2,3)4/h5-6,9-10,13H,7-8,11-12H2,1-4H3,(H,20,21). The number of pyridine rings is 1. The second kappa shape index (κ2) is 7.89. The van der Waals surface area contributed by atoms with Crippen molar-refractivity contribution in [1.82, 2.24) is 9.55 Å². The van der Waals surface area contributed by atoms with Crippen LogP contribution in [-0.2, 0) is 26.1 Å². The molecule has 0 fully saturated rings. The van der Waals surface area contributed by atoms with Crippen LogP contribution in [0.1, 0.15) is 6.92 Å². The molecule has 26 heavy (non-hydrogen) atoms. The van der Waals surface area contributed by atoms with E-state index < -0.39 is 35.6 Å². The van der Waals surface area contributed by atoms with Gasteiger partial charge in [-0.05, 0) is 18.2 Å². The van der Waals surface area contributed by atoms with Crippen LogP contribution in [0, 0.1) is 5.92 Å². The SMILES string of the molecule is CC(CS(=O)(=O)c1cnc2c(ccn2COCC[Si](C)(C)C)c1)C(=O)O. The summed E-state index contributed by atoms with van der Waals surface area (Å²) in [6.45, 7) is 9.29. The van der Waals surface area contributed by atoms with Crippen LogP contribution in [0.3, 0.4) is 0 Å². The van der Waals surface area contributed by atoms with E-state index >= 15 is 0 Å². The molecule has 0 aliphatic carbocycles. The van der Waals surface area contributed by atoms with Crippen LogP contribution in [-0.4, -0.2) is 49.5 Å². The number of carboxylic acid groups (broad SMARTS) is 1. The lowest BCUT2D eigenvalue weighted by molar-refractivity contribution is -0.140. The molecule has 144 valence electrons. The number of hydrogen-bond donors (Lipinski definition) is 1. The Bertz CT molecular complexity index is 886. The topological polar surface area (TPSA) is 98.5 Å². The Balaban J connectivity index is 2.12. The number of aromatic nitrogens is 2. The summed E-state index contributed by atoms with van der Waals surface area (Å²) in [7, 11) is -4.84. The number of aliphatic carboxylic acids is 1. The van der Waals surface area contributed by atoms with Gasteiger partial charge in [-0.25, -0.2) is 13.4 Å². The van der Waals surface area contributed by atoms with Crippen LogP contribution >= 0.6 is 0 Å². The molecule has 9 heteroatoms. The first-order valence-corrected chi connectivity index (χ1v) is 13.8. The molecule has 0 saturated heterocycles. The van der Waals surface area contributed by atoms with Gasteiger partial charge in [0.05, 0.1) is 16.6 Å². The van der Waals surface area contributed by atoms with E-state index in [0.29, 0.717) is 24.4 Å². The van der Waals surface area contributed by atoms with E-state index in [1.54, 1.807) is 6.07 Å². The quantitative estimate of drug-likeness (QED) is 0.515. The number of hydrogen-bond acceptors (Lipinski definition) is 5. The van der Waals surface area contributed by atoms with Gasteiger partial charge in [0.25, 0.3) is 0 Å². The van der Waals surface area contributed by atoms with Gasteiger partial charge in [-0.2, -0.15) is 0 Å². The fourth-order valence-corrected chi connectivity index (χ4v) is 4.64. The highest BCUT2D eigenvalue weighted by molar-refractivity contribution is 7.91. The summed E-state index contributed by atoms with van der Waals surface area (Å²) in [5.41, 5.74) is 0.642. The smallest absolute Gasteiger partial charge is 0.307 e. The Kier molecular flexibility index (Phi) is 6.25. The van der Waals surface area contributed by atoms with Crippen LogP contribution in [0.15, 0.2) is 29.4 Å². The maximum Gasteiger partial charge on any atom is 0.307 e. The second-order valence-electron chi connectivity index (χ2n) is 7.74. The van der Waals surface area contributed by atoms with Gasteiger partial charge in [0.2, 0.25) is 0 Å². The van der Waals surface area contributed by atoms with Gasteiger partial charge >= 0.3 is 5.97 Å². The van der Waals surface area contributed by atoms with E-state index in [9.17, 15) is 13.2 Å². The van der Waals surface area contributed by atoms with Crippen LogP contribution in [0.2, 0.25) is 25.7 Å². The minimum Gasteiger partial charge on any atom is -0.481 e. The van der Waals surface area contributed by atoms with E-state index in [1.807, 2.05) is 10.8 Å². The minimum atomic E-state index is -3.70. The zero-order valence-corrected chi connectivity index (χ0v) is 17.4. The Morgan fingerprint density at radius 1 is 1.38 bits per heavy atom. The molecular formula is C17H26N2O5SSi. The van der Waals surface area contributed by atoms with Crippen molar-refractivity contribution in [1.29, 1.82) is 0 Å². The van der Waals surface area contributed by atoms with Crippen molar-refractivity contribution in [2.45, 2.75) is 44.2 Å².